The minimum atomic E-state index is 0.0263. The maximum absolute atomic E-state index is 8.75. The van der Waals surface area contributed by atoms with E-state index in [-0.39, 0.29) is 5.92 Å². The molecule has 80 valence electrons. The fraction of sp³-hybridized carbons (Fsp3) is 0.417. The Bertz CT molecular complexity index is 357. The van der Waals surface area contributed by atoms with Crippen molar-refractivity contribution >= 4 is 17.3 Å². The molecule has 0 amide bonds. The number of halogens is 1. The summed E-state index contributed by atoms with van der Waals surface area (Å²) < 4.78 is 0. The molecule has 0 radical (unpaired) electrons. The third-order valence-corrected chi connectivity index (χ3v) is 2.60. The first-order valence-corrected chi connectivity index (χ1v) is 5.47. The Balaban J connectivity index is 2.82. The molecule has 1 atom stereocenters. The molecule has 0 bridgehead atoms. The number of anilines is 1. The fourth-order valence-corrected chi connectivity index (χ4v) is 1.77. The van der Waals surface area contributed by atoms with Crippen molar-refractivity contribution in [3.8, 4) is 6.07 Å². The van der Waals surface area contributed by atoms with Crippen molar-refractivity contribution in [2.24, 2.45) is 5.92 Å². The Morgan fingerprint density at radius 3 is 2.73 bits per heavy atom. The van der Waals surface area contributed by atoms with Gasteiger partial charge in [-0.2, -0.15) is 5.26 Å². The normalized spacial score (nSPS) is 11.9. The molecule has 0 aromatic heterocycles. The van der Waals surface area contributed by atoms with Gasteiger partial charge in [0.15, 0.2) is 0 Å². The summed E-state index contributed by atoms with van der Waals surface area (Å²) in [6.07, 6.45) is 0. The van der Waals surface area contributed by atoms with Crippen LogP contribution in [0.4, 0.5) is 5.69 Å². The van der Waals surface area contributed by atoms with Crippen molar-refractivity contribution in [2.75, 3.05) is 18.5 Å². The topological polar surface area (TPSA) is 27.0 Å². The second kappa shape index (κ2) is 5.63. The van der Waals surface area contributed by atoms with Gasteiger partial charge in [0.05, 0.1) is 12.0 Å². The molecule has 0 aliphatic heterocycles. The predicted octanol–water partition coefficient (Wildman–Crippen LogP) is 3.02. The zero-order valence-corrected chi connectivity index (χ0v) is 9.83. The Kier molecular flexibility index (Phi) is 4.45. The van der Waals surface area contributed by atoms with Crippen LogP contribution in [0.15, 0.2) is 24.3 Å². The monoisotopic (exact) mass is 222 g/mol. The van der Waals surface area contributed by atoms with Crippen LogP contribution in [0.3, 0.4) is 0 Å². The first-order valence-electron chi connectivity index (χ1n) is 4.93. The molecule has 0 heterocycles. The summed E-state index contributed by atoms with van der Waals surface area (Å²) in [5.41, 5.74) is 2.21. The Labute approximate surface area is 96.1 Å². The summed E-state index contributed by atoms with van der Waals surface area (Å²) >= 11 is 5.85. The van der Waals surface area contributed by atoms with E-state index >= 15 is 0 Å². The predicted molar refractivity (Wildman–Crippen MR) is 64.0 cm³/mol. The van der Waals surface area contributed by atoms with Crippen LogP contribution in [0.25, 0.3) is 0 Å². The SMILES string of the molecule is CC(C#N)CN(C)c1ccccc1CCl. The lowest BCUT2D eigenvalue weighted by Crippen LogP contribution is -2.24. The Hall–Kier alpha value is -1.20. The third-order valence-electron chi connectivity index (χ3n) is 2.31. The van der Waals surface area contributed by atoms with Gasteiger partial charge in [-0.25, -0.2) is 0 Å². The highest BCUT2D eigenvalue weighted by Gasteiger charge is 2.09. The van der Waals surface area contributed by atoms with E-state index < -0.39 is 0 Å². The standard InChI is InChI=1S/C12H15ClN2/c1-10(8-14)9-15(2)12-6-4-3-5-11(12)7-13/h3-6,10H,7,9H2,1-2H3. The zero-order valence-electron chi connectivity index (χ0n) is 9.07. The minimum Gasteiger partial charge on any atom is -0.373 e. The molecule has 15 heavy (non-hydrogen) atoms. The molecule has 0 saturated heterocycles. The highest BCUT2D eigenvalue weighted by atomic mass is 35.5. The van der Waals surface area contributed by atoms with Crippen LogP contribution in [-0.2, 0) is 5.88 Å². The van der Waals surface area contributed by atoms with Crippen molar-refractivity contribution in [1.29, 1.82) is 5.26 Å². The summed E-state index contributed by atoms with van der Waals surface area (Å²) in [7, 11) is 1.99. The number of nitriles is 1. The molecule has 1 aromatic carbocycles. The zero-order chi connectivity index (χ0) is 11.3. The van der Waals surface area contributed by atoms with Crippen LogP contribution in [0.2, 0.25) is 0 Å². The molecule has 0 N–H and O–H groups in total. The van der Waals surface area contributed by atoms with Gasteiger partial charge in [-0.15, -0.1) is 11.6 Å². The van der Waals surface area contributed by atoms with Crippen LogP contribution in [0, 0.1) is 17.2 Å². The summed E-state index contributed by atoms with van der Waals surface area (Å²) in [5, 5.41) is 8.75. The van der Waals surface area contributed by atoms with Crippen molar-refractivity contribution in [3.05, 3.63) is 29.8 Å². The number of para-hydroxylation sites is 1. The van der Waals surface area contributed by atoms with Gasteiger partial charge >= 0.3 is 0 Å². The lowest BCUT2D eigenvalue weighted by atomic mass is 10.1. The van der Waals surface area contributed by atoms with Gasteiger partial charge in [-0.3, -0.25) is 0 Å². The molecule has 2 nitrogen and oxygen atoms in total. The van der Waals surface area contributed by atoms with Crippen LogP contribution in [0.5, 0.6) is 0 Å². The highest BCUT2D eigenvalue weighted by Crippen LogP contribution is 2.21. The van der Waals surface area contributed by atoms with Crippen LogP contribution in [0.1, 0.15) is 12.5 Å². The Morgan fingerprint density at radius 1 is 1.47 bits per heavy atom. The summed E-state index contributed by atoms with van der Waals surface area (Å²) in [6, 6.07) is 10.2. The maximum Gasteiger partial charge on any atom is 0.0671 e. The lowest BCUT2D eigenvalue weighted by Gasteiger charge is -2.22. The molecule has 0 fully saturated rings. The van der Waals surface area contributed by atoms with E-state index in [0.29, 0.717) is 5.88 Å². The van der Waals surface area contributed by atoms with Gasteiger partial charge < -0.3 is 4.90 Å². The van der Waals surface area contributed by atoms with E-state index in [9.17, 15) is 0 Å². The largest absolute Gasteiger partial charge is 0.373 e. The van der Waals surface area contributed by atoms with Crippen molar-refractivity contribution in [3.63, 3.8) is 0 Å². The van der Waals surface area contributed by atoms with Crippen molar-refractivity contribution < 1.29 is 0 Å². The first-order chi connectivity index (χ1) is 7.19. The van der Waals surface area contributed by atoms with Crippen LogP contribution >= 0.6 is 11.6 Å². The summed E-state index contributed by atoms with van der Waals surface area (Å²) in [4.78, 5) is 2.08. The maximum atomic E-state index is 8.75. The summed E-state index contributed by atoms with van der Waals surface area (Å²) in [6.45, 7) is 2.64. The summed E-state index contributed by atoms with van der Waals surface area (Å²) in [5.74, 6) is 0.528. The first kappa shape index (κ1) is 11.9. The molecule has 1 aromatic rings. The quantitative estimate of drug-likeness (QED) is 0.733. The smallest absolute Gasteiger partial charge is 0.0671 e. The molecule has 1 rings (SSSR count). The van der Waals surface area contributed by atoms with E-state index in [1.54, 1.807) is 0 Å². The van der Waals surface area contributed by atoms with Gasteiger partial charge in [-0.05, 0) is 18.6 Å². The molecular formula is C12H15ClN2. The number of alkyl halides is 1. The molecule has 1 unspecified atom stereocenters. The van der Waals surface area contributed by atoms with Gasteiger partial charge in [0.25, 0.3) is 0 Å². The Morgan fingerprint density at radius 2 is 2.13 bits per heavy atom. The number of nitrogens with zero attached hydrogens (tertiary/aromatic N) is 2. The molecular weight excluding hydrogens is 208 g/mol. The van der Waals surface area contributed by atoms with E-state index in [1.807, 2.05) is 38.2 Å². The van der Waals surface area contributed by atoms with E-state index in [1.165, 1.54) is 0 Å². The fourth-order valence-electron chi connectivity index (χ4n) is 1.55. The highest BCUT2D eigenvalue weighted by molar-refractivity contribution is 6.17. The van der Waals surface area contributed by atoms with Gasteiger partial charge in [0.1, 0.15) is 0 Å². The van der Waals surface area contributed by atoms with Crippen molar-refractivity contribution in [1.82, 2.24) is 0 Å². The van der Waals surface area contributed by atoms with Crippen LogP contribution in [-0.4, -0.2) is 13.6 Å². The second-order valence-corrected chi connectivity index (χ2v) is 3.94. The third kappa shape index (κ3) is 3.14. The molecule has 0 saturated carbocycles. The molecule has 3 heteroatoms. The van der Waals surface area contributed by atoms with E-state index in [2.05, 4.69) is 11.0 Å². The lowest BCUT2D eigenvalue weighted by molar-refractivity contribution is 0.715. The second-order valence-electron chi connectivity index (χ2n) is 3.67. The number of rotatable bonds is 4. The van der Waals surface area contributed by atoms with Crippen LogP contribution < -0.4 is 4.90 Å². The molecule has 0 aliphatic carbocycles. The average Bonchev–Trinajstić information content (AvgIpc) is 2.28. The number of hydrogen-bond donors (Lipinski definition) is 0. The number of benzene rings is 1. The average molecular weight is 223 g/mol. The van der Waals surface area contributed by atoms with Gasteiger partial charge in [0.2, 0.25) is 0 Å². The van der Waals surface area contributed by atoms with Crippen molar-refractivity contribution in [2.45, 2.75) is 12.8 Å². The van der Waals surface area contributed by atoms with E-state index in [4.69, 9.17) is 16.9 Å². The minimum absolute atomic E-state index is 0.0263. The van der Waals surface area contributed by atoms with E-state index in [0.717, 1.165) is 17.8 Å². The molecule has 0 aliphatic rings. The molecule has 0 spiro atoms. The van der Waals surface area contributed by atoms with Gasteiger partial charge in [0, 0.05) is 25.2 Å². The van der Waals surface area contributed by atoms with Gasteiger partial charge in [-0.1, -0.05) is 18.2 Å². The number of hydrogen-bond acceptors (Lipinski definition) is 2.